The highest BCUT2D eigenvalue weighted by Gasteiger charge is 2.18. The molecule has 0 unspecified atom stereocenters. The molecule has 1 aliphatic heterocycles. The Hall–Kier alpha value is -3.59. The molecule has 32 heavy (non-hydrogen) atoms. The van der Waals surface area contributed by atoms with Crippen LogP contribution in [0.1, 0.15) is 17.5 Å². The first-order valence-electron chi connectivity index (χ1n) is 10.7. The summed E-state index contributed by atoms with van der Waals surface area (Å²) >= 11 is 0. The standard InChI is InChI=1S/C23H24N6O3/c1-15-3-4-18(13-16(15)2)23-24-22(26-32-23)17-5-6-20-19(14-17)25-27-29(20)8-7-21(30)28-9-11-31-12-10-28/h3-6,13-14H,7-12H2,1-2H3. The van der Waals surface area contributed by atoms with E-state index in [0.29, 0.717) is 51.0 Å². The number of amides is 1. The molecule has 2 aromatic heterocycles. The fourth-order valence-corrected chi connectivity index (χ4v) is 3.78. The lowest BCUT2D eigenvalue weighted by atomic mass is 10.1. The Morgan fingerprint density at radius 3 is 2.66 bits per heavy atom. The molecule has 2 aromatic carbocycles. The summed E-state index contributed by atoms with van der Waals surface area (Å²) in [6, 6.07) is 11.8. The van der Waals surface area contributed by atoms with Crippen molar-refractivity contribution >= 4 is 16.9 Å². The SMILES string of the molecule is Cc1ccc(-c2nc(-c3ccc4c(c3)nnn4CCC(=O)N3CCOCC3)no2)cc1C. The number of fused-ring (bicyclic) bond motifs is 1. The van der Waals surface area contributed by atoms with Crippen LogP contribution in [0.25, 0.3) is 33.9 Å². The van der Waals surface area contributed by atoms with Crippen molar-refractivity contribution in [1.82, 2.24) is 30.0 Å². The van der Waals surface area contributed by atoms with Gasteiger partial charge in [-0.1, -0.05) is 16.4 Å². The van der Waals surface area contributed by atoms with Crippen LogP contribution in [0.15, 0.2) is 40.9 Å². The number of benzene rings is 2. The van der Waals surface area contributed by atoms with Crippen LogP contribution >= 0.6 is 0 Å². The first kappa shape index (κ1) is 20.3. The molecule has 9 nitrogen and oxygen atoms in total. The summed E-state index contributed by atoms with van der Waals surface area (Å²) in [6.45, 7) is 7.10. The summed E-state index contributed by atoms with van der Waals surface area (Å²) in [7, 11) is 0. The molecule has 164 valence electrons. The van der Waals surface area contributed by atoms with Crippen LogP contribution in [0.2, 0.25) is 0 Å². The van der Waals surface area contributed by atoms with Gasteiger partial charge in [0.25, 0.3) is 5.89 Å². The number of carbonyl (C=O) groups is 1. The Morgan fingerprint density at radius 2 is 1.84 bits per heavy atom. The van der Waals surface area contributed by atoms with Crippen molar-refractivity contribution in [3.8, 4) is 22.8 Å². The molecule has 9 heteroatoms. The van der Waals surface area contributed by atoms with Crippen molar-refractivity contribution in [3.63, 3.8) is 0 Å². The first-order chi connectivity index (χ1) is 15.6. The first-order valence-corrected chi connectivity index (χ1v) is 10.7. The number of morpholine rings is 1. The molecule has 4 aromatic rings. The van der Waals surface area contributed by atoms with Crippen LogP contribution in [0.3, 0.4) is 0 Å². The van der Waals surface area contributed by atoms with Crippen molar-refractivity contribution in [3.05, 3.63) is 47.5 Å². The van der Waals surface area contributed by atoms with Gasteiger partial charge in [-0.25, -0.2) is 4.68 Å². The van der Waals surface area contributed by atoms with E-state index in [4.69, 9.17) is 9.26 Å². The lowest BCUT2D eigenvalue weighted by Gasteiger charge is -2.26. The number of rotatable bonds is 5. The molecule has 0 aliphatic carbocycles. The van der Waals surface area contributed by atoms with Crippen molar-refractivity contribution in [1.29, 1.82) is 0 Å². The van der Waals surface area contributed by atoms with Gasteiger partial charge in [0.2, 0.25) is 11.7 Å². The predicted molar refractivity (Wildman–Crippen MR) is 118 cm³/mol. The van der Waals surface area contributed by atoms with E-state index in [1.807, 2.05) is 41.3 Å². The smallest absolute Gasteiger partial charge is 0.258 e. The van der Waals surface area contributed by atoms with E-state index in [2.05, 4.69) is 34.3 Å². The largest absolute Gasteiger partial charge is 0.378 e. The summed E-state index contributed by atoms with van der Waals surface area (Å²) in [6.07, 6.45) is 0.379. The fraction of sp³-hybridized carbons (Fsp3) is 0.348. The maximum Gasteiger partial charge on any atom is 0.258 e. The van der Waals surface area contributed by atoms with Crippen molar-refractivity contribution in [2.45, 2.75) is 26.8 Å². The zero-order valence-electron chi connectivity index (χ0n) is 18.1. The lowest BCUT2D eigenvalue weighted by Crippen LogP contribution is -2.41. The quantitative estimate of drug-likeness (QED) is 0.478. The minimum atomic E-state index is 0.110. The van der Waals surface area contributed by atoms with Gasteiger partial charge in [0.1, 0.15) is 5.52 Å². The van der Waals surface area contributed by atoms with Crippen LogP contribution in [0.4, 0.5) is 0 Å². The molecule has 0 N–H and O–H groups in total. The highest BCUT2D eigenvalue weighted by molar-refractivity contribution is 5.80. The van der Waals surface area contributed by atoms with Crippen LogP contribution < -0.4 is 0 Å². The Balaban J connectivity index is 1.32. The van der Waals surface area contributed by atoms with E-state index in [0.717, 1.165) is 22.2 Å². The van der Waals surface area contributed by atoms with E-state index < -0.39 is 0 Å². The number of ether oxygens (including phenoxy) is 1. The molecule has 0 saturated carbocycles. The Bertz CT molecular complexity index is 1270. The van der Waals surface area contributed by atoms with Gasteiger partial charge in [-0.3, -0.25) is 4.79 Å². The van der Waals surface area contributed by atoms with E-state index in [1.54, 1.807) is 4.68 Å². The molecule has 0 atom stereocenters. The van der Waals surface area contributed by atoms with Crippen LogP contribution in [0, 0.1) is 13.8 Å². The monoisotopic (exact) mass is 432 g/mol. The van der Waals surface area contributed by atoms with Gasteiger partial charge in [0, 0.05) is 30.6 Å². The summed E-state index contributed by atoms with van der Waals surface area (Å²) in [5.41, 5.74) is 5.66. The molecule has 1 aliphatic rings. The molecule has 3 heterocycles. The average Bonchev–Trinajstić information content (AvgIpc) is 3.47. The van der Waals surface area contributed by atoms with E-state index in [-0.39, 0.29) is 5.91 Å². The molecule has 0 bridgehead atoms. The van der Waals surface area contributed by atoms with Crippen molar-refractivity contribution < 1.29 is 14.1 Å². The van der Waals surface area contributed by atoms with Gasteiger partial charge >= 0.3 is 0 Å². The van der Waals surface area contributed by atoms with Gasteiger partial charge in [-0.15, -0.1) is 5.10 Å². The molecular weight excluding hydrogens is 408 g/mol. The topological polar surface area (TPSA) is 99.2 Å². The molecule has 1 saturated heterocycles. The third-order valence-electron chi connectivity index (χ3n) is 5.85. The van der Waals surface area contributed by atoms with E-state index in [1.165, 1.54) is 11.1 Å². The zero-order valence-corrected chi connectivity index (χ0v) is 18.1. The van der Waals surface area contributed by atoms with Gasteiger partial charge in [0.05, 0.1) is 25.3 Å². The van der Waals surface area contributed by atoms with Gasteiger partial charge in [0.15, 0.2) is 0 Å². The normalized spacial score (nSPS) is 14.2. The molecular formula is C23H24N6O3. The summed E-state index contributed by atoms with van der Waals surface area (Å²) in [5.74, 6) is 1.09. The second kappa shape index (κ2) is 8.51. The van der Waals surface area contributed by atoms with E-state index >= 15 is 0 Å². The third kappa shape index (κ3) is 3.99. The van der Waals surface area contributed by atoms with E-state index in [9.17, 15) is 4.79 Å². The molecule has 0 radical (unpaired) electrons. The molecule has 5 rings (SSSR count). The van der Waals surface area contributed by atoms with Gasteiger partial charge in [-0.05, 0) is 55.3 Å². The molecule has 1 amide bonds. The van der Waals surface area contributed by atoms with Crippen LogP contribution in [-0.4, -0.2) is 62.2 Å². The number of hydrogen-bond acceptors (Lipinski definition) is 7. The summed E-state index contributed by atoms with van der Waals surface area (Å²) in [5, 5.41) is 12.6. The van der Waals surface area contributed by atoms with Crippen LogP contribution in [-0.2, 0) is 16.1 Å². The number of hydrogen-bond donors (Lipinski definition) is 0. The number of aryl methyl sites for hydroxylation is 3. The highest BCUT2D eigenvalue weighted by Crippen LogP contribution is 2.26. The second-order valence-electron chi connectivity index (χ2n) is 7.98. The Morgan fingerprint density at radius 1 is 1.03 bits per heavy atom. The number of nitrogens with zero attached hydrogens (tertiary/aromatic N) is 6. The maximum absolute atomic E-state index is 12.4. The van der Waals surface area contributed by atoms with Crippen LogP contribution in [0.5, 0.6) is 0 Å². The predicted octanol–water partition coefficient (Wildman–Crippen LogP) is 3.01. The Kier molecular flexibility index (Phi) is 5.40. The average molecular weight is 432 g/mol. The highest BCUT2D eigenvalue weighted by atomic mass is 16.5. The van der Waals surface area contributed by atoms with Crippen molar-refractivity contribution in [2.24, 2.45) is 0 Å². The number of aromatic nitrogens is 5. The summed E-state index contributed by atoms with van der Waals surface area (Å²) < 4.78 is 12.5. The molecule has 0 spiro atoms. The minimum Gasteiger partial charge on any atom is -0.378 e. The van der Waals surface area contributed by atoms with Gasteiger partial charge < -0.3 is 14.2 Å². The number of carbonyl (C=O) groups excluding carboxylic acids is 1. The third-order valence-corrected chi connectivity index (χ3v) is 5.85. The Labute approximate surface area is 185 Å². The second-order valence-corrected chi connectivity index (χ2v) is 7.98. The minimum absolute atomic E-state index is 0.110. The molecule has 1 fully saturated rings. The van der Waals surface area contributed by atoms with Crippen molar-refractivity contribution in [2.75, 3.05) is 26.3 Å². The fourth-order valence-electron chi connectivity index (χ4n) is 3.78. The maximum atomic E-state index is 12.4. The zero-order chi connectivity index (χ0) is 22.1. The lowest BCUT2D eigenvalue weighted by molar-refractivity contribution is -0.135. The van der Waals surface area contributed by atoms with Gasteiger partial charge in [-0.2, -0.15) is 4.98 Å². The summed E-state index contributed by atoms with van der Waals surface area (Å²) in [4.78, 5) is 18.8.